The first-order valence-corrected chi connectivity index (χ1v) is 12.7. The topological polar surface area (TPSA) is 91.7 Å². The Morgan fingerprint density at radius 3 is 2.67 bits per heavy atom. The van der Waals surface area contributed by atoms with E-state index in [2.05, 4.69) is 20.6 Å². The number of morpholine rings is 1. The minimum Gasteiger partial charge on any atom is -0.390 e. The maximum Gasteiger partial charge on any atom is 0.251 e. The third-order valence-corrected chi connectivity index (χ3v) is 6.96. The lowest BCUT2D eigenvalue weighted by molar-refractivity contribution is 0.0149. The highest BCUT2D eigenvalue weighted by atomic mass is 35.5. The maximum absolute atomic E-state index is 12.8. The summed E-state index contributed by atoms with van der Waals surface area (Å²) in [6.45, 7) is 5.61. The number of aryl methyl sites for hydroxylation is 1. The molecule has 1 aliphatic heterocycles. The van der Waals surface area contributed by atoms with E-state index < -0.39 is 6.10 Å². The molecule has 5 rings (SSSR count). The average molecular weight is 593 g/mol. The second-order valence-corrected chi connectivity index (χ2v) is 9.60. The van der Waals surface area contributed by atoms with Crippen molar-refractivity contribution in [2.75, 3.05) is 44.7 Å². The summed E-state index contributed by atoms with van der Waals surface area (Å²) in [4.78, 5) is 14.9. The number of anilines is 2. The molecule has 0 radical (unpaired) electrons. The van der Waals surface area contributed by atoms with Crippen molar-refractivity contribution in [3.05, 3.63) is 83.0 Å². The molecule has 1 amide bonds. The van der Waals surface area contributed by atoms with E-state index >= 15 is 0 Å². The van der Waals surface area contributed by atoms with Gasteiger partial charge in [-0.3, -0.25) is 9.69 Å². The van der Waals surface area contributed by atoms with Crippen LogP contribution in [-0.2, 0) is 4.74 Å². The third-order valence-electron chi connectivity index (χ3n) is 6.46. The van der Waals surface area contributed by atoms with E-state index in [1.165, 1.54) is 0 Å². The van der Waals surface area contributed by atoms with Crippen molar-refractivity contribution in [3.8, 4) is 5.69 Å². The highest BCUT2D eigenvalue weighted by molar-refractivity contribution is 6.34. The molecular formula is C28H32Cl3N5O3. The zero-order valence-electron chi connectivity index (χ0n) is 21.5. The van der Waals surface area contributed by atoms with Gasteiger partial charge in [0, 0.05) is 42.8 Å². The van der Waals surface area contributed by atoms with Crippen molar-refractivity contribution in [1.82, 2.24) is 20.0 Å². The Hall–Kier alpha value is -2.85. The largest absolute Gasteiger partial charge is 0.390 e. The highest BCUT2D eigenvalue weighted by Gasteiger charge is 2.16. The van der Waals surface area contributed by atoms with Gasteiger partial charge in [0.2, 0.25) is 0 Å². The van der Waals surface area contributed by atoms with Gasteiger partial charge in [-0.25, -0.2) is 4.68 Å². The average Bonchev–Trinajstić information content (AvgIpc) is 3.34. The van der Waals surface area contributed by atoms with E-state index in [4.69, 9.17) is 16.3 Å². The molecule has 2 heterocycles. The first-order chi connectivity index (χ1) is 18.0. The third kappa shape index (κ3) is 7.42. The number of amides is 1. The van der Waals surface area contributed by atoms with Gasteiger partial charge in [-0.05, 0) is 55.0 Å². The van der Waals surface area contributed by atoms with Crippen LogP contribution in [0.25, 0.3) is 16.6 Å². The van der Waals surface area contributed by atoms with Crippen molar-refractivity contribution < 1.29 is 14.6 Å². The standard InChI is InChI=1S/C28H30ClN5O3.2ClH/c1-19-4-2-7-25(27(19)29)32-22-8-9-26-21(14-22)16-31-34(26)23-6-3-5-20(15-23)28(36)30-17-24(35)18-33-10-12-37-13-11-33;;/h2-9,14-16,24,32,35H,10-13,17-18H2,1H3,(H,30,36);2*1H. The van der Waals surface area contributed by atoms with Crippen LogP contribution >= 0.6 is 36.4 Å². The Labute approximate surface area is 245 Å². The molecule has 1 atom stereocenters. The number of hydrogen-bond acceptors (Lipinski definition) is 6. The van der Waals surface area contributed by atoms with Crippen molar-refractivity contribution in [2.45, 2.75) is 13.0 Å². The Morgan fingerprint density at radius 1 is 1.10 bits per heavy atom. The predicted molar refractivity (Wildman–Crippen MR) is 161 cm³/mol. The lowest BCUT2D eigenvalue weighted by Crippen LogP contribution is -2.44. The Balaban J connectivity index is 0.00000210. The number of carbonyl (C=O) groups is 1. The van der Waals surface area contributed by atoms with Crippen LogP contribution in [0.1, 0.15) is 15.9 Å². The summed E-state index contributed by atoms with van der Waals surface area (Å²) in [5.41, 5.74) is 4.96. The van der Waals surface area contributed by atoms with Gasteiger partial charge in [-0.15, -0.1) is 24.8 Å². The van der Waals surface area contributed by atoms with E-state index in [0.717, 1.165) is 46.6 Å². The molecule has 3 N–H and O–H groups in total. The van der Waals surface area contributed by atoms with Crippen LogP contribution < -0.4 is 10.6 Å². The number of benzene rings is 3. The number of β-amino-alcohol motifs (C(OH)–C–C–N with tert-alkyl or cyclic N) is 1. The summed E-state index contributed by atoms with van der Waals surface area (Å²) in [7, 11) is 0. The molecule has 3 aromatic carbocycles. The minimum atomic E-state index is -0.641. The van der Waals surface area contributed by atoms with Crippen LogP contribution in [0.15, 0.2) is 66.9 Å². The van der Waals surface area contributed by atoms with Crippen LogP contribution in [0.5, 0.6) is 0 Å². The molecule has 208 valence electrons. The van der Waals surface area contributed by atoms with Gasteiger partial charge in [0.15, 0.2) is 0 Å². The Bertz CT molecular complexity index is 1410. The van der Waals surface area contributed by atoms with Crippen LogP contribution in [-0.4, -0.2) is 71.2 Å². The van der Waals surface area contributed by atoms with Crippen molar-refractivity contribution in [1.29, 1.82) is 0 Å². The van der Waals surface area contributed by atoms with Gasteiger partial charge in [-0.2, -0.15) is 5.10 Å². The molecule has 0 aliphatic carbocycles. The summed E-state index contributed by atoms with van der Waals surface area (Å²) in [5.74, 6) is -0.235. The van der Waals surface area contributed by atoms with Crippen molar-refractivity contribution >= 4 is 64.6 Å². The molecule has 11 heteroatoms. The summed E-state index contributed by atoms with van der Waals surface area (Å²) >= 11 is 6.44. The van der Waals surface area contributed by atoms with E-state index in [0.29, 0.717) is 30.3 Å². The lowest BCUT2D eigenvalue weighted by Gasteiger charge is -2.28. The number of fused-ring (bicyclic) bond motifs is 1. The number of ether oxygens (including phenoxy) is 1. The number of rotatable bonds is 8. The molecule has 1 aromatic heterocycles. The maximum atomic E-state index is 12.8. The summed E-state index contributed by atoms with van der Waals surface area (Å²) in [5, 5.41) is 22.8. The van der Waals surface area contributed by atoms with Gasteiger partial charge in [0.25, 0.3) is 5.91 Å². The number of nitrogens with zero attached hydrogens (tertiary/aromatic N) is 3. The highest BCUT2D eigenvalue weighted by Crippen LogP contribution is 2.30. The number of carbonyl (C=O) groups excluding carboxylic acids is 1. The normalized spacial score (nSPS) is 14.2. The molecule has 0 spiro atoms. The minimum absolute atomic E-state index is 0. The smallest absolute Gasteiger partial charge is 0.251 e. The fourth-order valence-corrected chi connectivity index (χ4v) is 4.63. The number of aromatic nitrogens is 2. The first kappa shape index (κ1) is 30.7. The first-order valence-electron chi connectivity index (χ1n) is 12.3. The fraction of sp³-hybridized carbons (Fsp3) is 0.286. The number of aliphatic hydroxyl groups excluding tert-OH is 1. The summed E-state index contributed by atoms with van der Waals surface area (Å²) in [6.07, 6.45) is 1.16. The second-order valence-electron chi connectivity index (χ2n) is 9.22. The SMILES string of the molecule is Cc1cccc(Nc2ccc3c(cnn3-c3cccc(C(=O)NCC(O)CN4CCOCC4)c3)c2)c1Cl.Cl.Cl. The zero-order chi connectivity index (χ0) is 25.8. The zero-order valence-corrected chi connectivity index (χ0v) is 23.9. The number of halogens is 3. The van der Waals surface area contributed by atoms with Crippen LogP contribution in [0.3, 0.4) is 0 Å². The number of hydrogen-bond donors (Lipinski definition) is 3. The molecular weight excluding hydrogens is 561 g/mol. The van der Waals surface area contributed by atoms with Gasteiger partial charge in [0.05, 0.1) is 47.4 Å². The molecule has 8 nitrogen and oxygen atoms in total. The molecule has 1 aliphatic rings. The number of nitrogens with one attached hydrogen (secondary N) is 2. The monoisotopic (exact) mass is 591 g/mol. The van der Waals surface area contributed by atoms with Gasteiger partial charge in [0.1, 0.15) is 0 Å². The van der Waals surface area contributed by atoms with Crippen molar-refractivity contribution in [2.24, 2.45) is 0 Å². The molecule has 0 bridgehead atoms. The summed E-state index contributed by atoms with van der Waals surface area (Å²) in [6, 6.07) is 19.2. The Kier molecular flexibility index (Phi) is 11.0. The molecule has 1 unspecified atom stereocenters. The van der Waals surface area contributed by atoms with Gasteiger partial charge in [-0.1, -0.05) is 29.8 Å². The molecule has 39 heavy (non-hydrogen) atoms. The second kappa shape index (κ2) is 14.0. The van der Waals surface area contributed by atoms with E-state index in [1.54, 1.807) is 18.3 Å². The molecule has 1 fully saturated rings. The van der Waals surface area contributed by atoms with E-state index in [1.807, 2.05) is 60.1 Å². The van der Waals surface area contributed by atoms with E-state index in [-0.39, 0.29) is 37.3 Å². The van der Waals surface area contributed by atoms with Crippen LogP contribution in [0.2, 0.25) is 5.02 Å². The fourth-order valence-electron chi connectivity index (χ4n) is 4.45. The molecule has 0 saturated carbocycles. The lowest BCUT2D eigenvalue weighted by atomic mass is 10.1. The number of aliphatic hydroxyl groups is 1. The molecule has 4 aromatic rings. The summed E-state index contributed by atoms with van der Waals surface area (Å²) < 4.78 is 7.14. The quantitative estimate of drug-likeness (QED) is 0.267. The van der Waals surface area contributed by atoms with Gasteiger partial charge < -0.3 is 20.5 Å². The van der Waals surface area contributed by atoms with E-state index in [9.17, 15) is 9.90 Å². The van der Waals surface area contributed by atoms with Gasteiger partial charge >= 0.3 is 0 Å². The van der Waals surface area contributed by atoms with Crippen LogP contribution in [0, 0.1) is 6.92 Å². The predicted octanol–water partition coefficient (Wildman–Crippen LogP) is 5.00. The van der Waals surface area contributed by atoms with Crippen molar-refractivity contribution in [3.63, 3.8) is 0 Å². The molecule has 1 saturated heterocycles. The Morgan fingerprint density at radius 2 is 1.87 bits per heavy atom. The van der Waals surface area contributed by atoms with Crippen LogP contribution in [0.4, 0.5) is 11.4 Å².